The maximum atomic E-state index is 14.2. The first-order chi connectivity index (χ1) is 13.6. The smallest absolute Gasteiger partial charge is 0.314 e. The van der Waals surface area contributed by atoms with Crippen LogP contribution >= 0.6 is 0 Å². The third-order valence-corrected chi connectivity index (χ3v) is 5.98. The van der Waals surface area contributed by atoms with Crippen LogP contribution in [0.15, 0.2) is 48.7 Å². The Kier molecular flexibility index (Phi) is 4.87. The molecule has 2 aromatic rings. The summed E-state index contributed by atoms with van der Waals surface area (Å²) in [6.07, 6.45) is 3.96. The van der Waals surface area contributed by atoms with Crippen molar-refractivity contribution in [3.63, 3.8) is 0 Å². The number of fused-ring (bicyclic) bond motifs is 2. The minimum Gasteiger partial charge on any atom is -0.465 e. The van der Waals surface area contributed by atoms with Gasteiger partial charge in [0.1, 0.15) is 0 Å². The first-order valence-electron chi connectivity index (χ1n) is 9.71. The zero-order chi connectivity index (χ0) is 19.7. The number of hydrogen-bond donors (Lipinski definition) is 0. The van der Waals surface area contributed by atoms with Crippen LogP contribution < -0.4 is 0 Å². The molecule has 1 aromatic carbocycles. The number of amides is 1. The lowest BCUT2D eigenvalue weighted by Crippen LogP contribution is -2.47. The van der Waals surface area contributed by atoms with Crippen LogP contribution in [0.2, 0.25) is 0 Å². The molecule has 2 fully saturated rings. The SMILES string of the molecule is CCOC(=O)[C@@]1(Cc2ccccc2)C[C@H]2CC[C@@H]1N2C(=O)c1ncccc1F. The van der Waals surface area contributed by atoms with E-state index in [1.165, 1.54) is 18.3 Å². The third-order valence-electron chi connectivity index (χ3n) is 5.98. The highest BCUT2D eigenvalue weighted by molar-refractivity contribution is 5.94. The van der Waals surface area contributed by atoms with Gasteiger partial charge in [-0.1, -0.05) is 30.3 Å². The van der Waals surface area contributed by atoms with Crippen molar-refractivity contribution in [2.24, 2.45) is 5.41 Å². The van der Waals surface area contributed by atoms with Crippen LogP contribution in [0.5, 0.6) is 0 Å². The number of hydrogen-bond acceptors (Lipinski definition) is 4. The Morgan fingerprint density at radius 3 is 2.71 bits per heavy atom. The van der Waals surface area contributed by atoms with Gasteiger partial charge in [-0.05, 0) is 50.3 Å². The Morgan fingerprint density at radius 1 is 1.21 bits per heavy atom. The second kappa shape index (κ2) is 7.34. The van der Waals surface area contributed by atoms with Gasteiger partial charge in [0.25, 0.3) is 5.91 Å². The van der Waals surface area contributed by atoms with E-state index in [0.29, 0.717) is 19.3 Å². The van der Waals surface area contributed by atoms with Crippen LogP contribution in [-0.2, 0) is 16.0 Å². The molecule has 0 unspecified atom stereocenters. The predicted octanol–water partition coefficient (Wildman–Crippen LogP) is 3.39. The molecular formula is C22H23FN2O3. The van der Waals surface area contributed by atoms with Crippen molar-refractivity contribution in [3.8, 4) is 0 Å². The van der Waals surface area contributed by atoms with E-state index >= 15 is 0 Å². The van der Waals surface area contributed by atoms with Crippen LogP contribution in [0.25, 0.3) is 0 Å². The lowest BCUT2D eigenvalue weighted by molar-refractivity contribution is -0.157. The number of esters is 1. The van der Waals surface area contributed by atoms with Crippen molar-refractivity contribution in [1.82, 2.24) is 9.88 Å². The van der Waals surface area contributed by atoms with Crippen molar-refractivity contribution >= 4 is 11.9 Å². The minimum absolute atomic E-state index is 0.105. The molecule has 5 nitrogen and oxygen atoms in total. The summed E-state index contributed by atoms with van der Waals surface area (Å²) in [7, 11) is 0. The number of benzene rings is 1. The summed E-state index contributed by atoms with van der Waals surface area (Å²) in [5, 5.41) is 0. The van der Waals surface area contributed by atoms with Crippen LogP contribution in [0.3, 0.4) is 0 Å². The number of rotatable bonds is 5. The largest absolute Gasteiger partial charge is 0.465 e. The number of carbonyl (C=O) groups excluding carboxylic acids is 2. The Labute approximate surface area is 163 Å². The zero-order valence-electron chi connectivity index (χ0n) is 15.8. The van der Waals surface area contributed by atoms with Crippen LogP contribution in [0.4, 0.5) is 4.39 Å². The molecule has 3 heterocycles. The van der Waals surface area contributed by atoms with E-state index in [1.807, 2.05) is 30.3 Å². The lowest BCUT2D eigenvalue weighted by Gasteiger charge is -2.35. The quantitative estimate of drug-likeness (QED) is 0.744. The summed E-state index contributed by atoms with van der Waals surface area (Å²) in [5.41, 5.74) is 0.0413. The van der Waals surface area contributed by atoms with Crippen LogP contribution in [-0.4, -0.2) is 40.5 Å². The van der Waals surface area contributed by atoms with Gasteiger partial charge >= 0.3 is 5.97 Å². The molecule has 2 saturated heterocycles. The third kappa shape index (κ3) is 2.97. The highest BCUT2D eigenvalue weighted by Crippen LogP contribution is 2.52. The average molecular weight is 382 g/mol. The van der Waals surface area contributed by atoms with Gasteiger partial charge < -0.3 is 9.64 Å². The normalized spacial score (nSPS) is 25.7. The summed E-state index contributed by atoms with van der Waals surface area (Å²) in [6.45, 7) is 2.07. The van der Waals surface area contributed by atoms with Gasteiger partial charge in [0.15, 0.2) is 11.5 Å². The van der Waals surface area contributed by atoms with Crippen molar-refractivity contribution in [1.29, 1.82) is 0 Å². The van der Waals surface area contributed by atoms with E-state index in [-0.39, 0.29) is 30.4 Å². The van der Waals surface area contributed by atoms with Crippen LogP contribution in [0.1, 0.15) is 42.2 Å². The fourth-order valence-corrected chi connectivity index (χ4v) is 4.87. The number of halogens is 1. The predicted molar refractivity (Wildman–Crippen MR) is 101 cm³/mol. The van der Waals surface area contributed by atoms with Crippen LogP contribution in [0, 0.1) is 11.2 Å². The molecule has 6 heteroatoms. The van der Waals surface area contributed by atoms with E-state index < -0.39 is 17.1 Å². The topological polar surface area (TPSA) is 59.5 Å². The highest BCUT2D eigenvalue weighted by atomic mass is 19.1. The lowest BCUT2D eigenvalue weighted by atomic mass is 9.70. The molecule has 3 atom stereocenters. The fraction of sp³-hybridized carbons (Fsp3) is 0.409. The van der Waals surface area contributed by atoms with Crippen molar-refractivity contribution in [2.75, 3.05) is 6.61 Å². The molecule has 2 aliphatic heterocycles. The molecule has 2 bridgehead atoms. The van der Waals surface area contributed by atoms with Gasteiger partial charge in [-0.25, -0.2) is 9.37 Å². The van der Waals surface area contributed by atoms with Gasteiger partial charge in [0.05, 0.1) is 12.0 Å². The molecular weight excluding hydrogens is 359 g/mol. The standard InChI is InChI=1S/C22H23FN2O3/c1-2-28-21(27)22(13-15-7-4-3-5-8-15)14-16-10-11-18(22)25(16)20(26)19-17(23)9-6-12-24-19/h3-9,12,16,18H,2,10-11,13-14H2,1H3/t16-,18+,22+/m1/s1. The van der Waals surface area contributed by atoms with Gasteiger partial charge in [-0.3, -0.25) is 9.59 Å². The van der Waals surface area contributed by atoms with E-state index in [4.69, 9.17) is 4.74 Å². The second-order valence-corrected chi connectivity index (χ2v) is 7.54. The molecule has 28 heavy (non-hydrogen) atoms. The first kappa shape index (κ1) is 18.6. The molecule has 0 spiro atoms. The number of nitrogens with zero attached hydrogens (tertiary/aromatic N) is 2. The van der Waals surface area contributed by atoms with Gasteiger partial charge in [-0.2, -0.15) is 0 Å². The minimum atomic E-state index is -0.804. The molecule has 0 N–H and O–H groups in total. The van der Waals surface area contributed by atoms with Crippen molar-refractivity contribution in [2.45, 2.75) is 44.7 Å². The Balaban J connectivity index is 1.70. The molecule has 0 radical (unpaired) electrons. The molecule has 0 aliphatic carbocycles. The maximum Gasteiger partial charge on any atom is 0.314 e. The summed E-state index contributed by atoms with van der Waals surface area (Å²) >= 11 is 0. The second-order valence-electron chi connectivity index (χ2n) is 7.54. The molecule has 146 valence electrons. The molecule has 1 amide bonds. The first-order valence-corrected chi connectivity index (χ1v) is 9.71. The fourth-order valence-electron chi connectivity index (χ4n) is 4.87. The molecule has 0 saturated carbocycles. The summed E-state index contributed by atoms with van der Waals surface area (Å²) in [4.78, 5) is 31.8. The molecule has 1 aromatic heterocycles. The number of ether oxygens (including phenoxy) is 1. The van der Waals surface area contributed by atoms with Gasteiger partial charge in [0, 0.05) is 18.3 Å². The van der Waals surface area contributed by atoms with E-state index in [0.717, 1.165) is 12.0 Å². The van der Waals surface area contributed by atoms with Gasteiger partial charge in [0.2, 0.25) is 0 Å². The number of aromatic nitrogens is 1. The van der Waals surface area contributed by atoms with E-state index in [2.05, 4.69) is 4.98 Å². The van der Waals surface area contributed by atoms with Crippen molar-refractivity contribution in [3.05, 3.63) is 65.7 Å². The van der Waals surface area contributed by atoms with E-state index in [9.17, 15) is 14.0 Å². The molecule has 2 aliphatic rings. The summed E-state index contributed by atoms with van der Waals surface area (Å²) < 4.78 is 19.6. The highest BCUT2D eigenvalue weighted by Gasteiger charge is 2.62. The van der Waals surface area contributed by atoms with E-state index in [1.54, 1.807) is 11.8 Å². The Hall–Kier alpha value is -2.76. The Morgan fingerprint density at radius 2 is 2.00 bits per heavy atom. The number of carbonyl (C=O) groups is 2. The molecule has 4 rings (SSSR count). The summed E-state index contributed by atoms with van der Waals surface area (Å²) in [6, 6.07) is 12.1. The number of pyridine rings is 1. The van der Waals surface area contributed by atoms with Crippen molar-refractivity contribution < 1.29 is 18.7 Å². The monoisotopic (exact) mass is 382 g/mol. The van der Waals surface area contributed by atoms with Gasteiger partial charge in [-0.15, -0.1) is 0 Å². The maximum absolute atomic E-state index is 14.2. The Bertz CT molecular complexity index is 888. The summed E-state index contributed by atoms with van der Waals surface area (Å²) in [5.74, 6) is -1.35. The zero-order valence-corrected chi connectivity index (χ0v) is 15.8. The average Bonchev–Trinajstić information content (AvgIpc) is 3.25.